The third kappa shape index (κ3) is 3.67. The number of nitrogens with one attached hydrogen (secondary N) is 1. The van der Waals surface area contributed by atoms with Crippen LogP contribution < -0.4 is 5.32 Å². The number of aliphatic hydroxyl groups is 1. The lowest BCUT2D eigenvalue weighted by molar-refractivity contribution is -0.121. The molecule has 0 radical (unpaired) electrons. The number of carbonyl (C=O) groups excluding carboxylic acids is 1. The van der Waals surface area contributed by atoms with Gasteiger partial charge in [-0.15, -0.1) is 11.8 Å². The Morgan fingerprint density at radius 1 is 1.50 bits per heavy atom. The normalized spacial score (nSPS) is 19.6. The molecule has 3 nitrogen and oxygen atoms in total. The number of hydrogen-bond donors (Lipinski definition) is 2. The summed E-state index contributed by atoms with van der Waals surface area (Å²) in [7, 11) is 0. The van der Waals surface area contributed by atoms with Crippen molar-refractivity contribution in [3.63, 3.8) is 0 Å². The number of hydrogen-bond acceptors (Lipinski definition) is 3. The lowest BCUT2D eigenvalue weighted by atomic mass is 10.1. The van der Waals surface area contributed by atoms with E-state index in [0.717, 1.165) is 18.6 Å². The van der Waals surface area contributed by atoms with Gasteiger partial charge in [0.05, 0.1) is 11.9 Å². The highest BCUT2D eigenvalue weighted by atomic mass is 32.2. The van der Waals surface area contributed by atoms with E-state index in [2.05, 4.69) is 26.1 Å². The molecule has 1 saturated carbocycles. The third-order valence-corrected chi connectivity index (χ3v) is 4.59. The Labute approximate surface area is 102 Å². The fourth-order valence-corrected chi connectivity index (χ4v) is 2.67. The molecule has 0 aromatic heterocycles. The van der Waals surface area contributed by atoms with E-state index < -0.39 is 0 Å². The number of carbonyl (C=O) groups is 1. The standard InChI is InChI=1S/C12H23NO2S/c1-4-16-10(9(2)3)11(15)13-7-12(8-14)5-6-12/h9-10,14H,4-8H2,1-3H3,(H,13,15). The first kappa shape index (κ1) is 13.8. The molecule has 1 amide bonds. The van der Waals surface area contributed by atoms with Crippen molar-refractivity contribution in [1.29, 1.82) is 0 Å². The summed E-state index contributed by atoms with van der Waals surface area (Å²) in [4.78, 5) is 12.0. The third-order valence-electron chi connectivity index (χ3n) is 3.14. The van der Waals surface area contributed by atoms with Crippen molar-refractivity contribution in [2.75, 3.05) is 18.9 Å². The highest BCUT2D eigenvalue weighted by molar-refractivity contribution is 8.00. The smallest absolute Gasteiger partial charge is 0.233 e. The Bertz CT molecular complexity index is 239. The average molecular weight is 245 g/mol. The quantitative estimate of drug-likeness (QED) is 0.717. The minimum atomic E-state index is 0.00801. The van der Waals surface area contributed by atoms with Crippen molar-refractivity contribution in [3.8, 4) is 0 Å². The van der Waals surface area contributed by atoms with Crippen LogP contribution in [0.15, 0.2) is 0 Å². The summed E-state index contributed by atoms with van der Waals surface area (Å²) in [5, 5.41) is 12.2. The van der Waals surface area contributed by atoms with Gasteiger partial charge in [-0.3, -0.25) is 4.79 Å². The van der Waals surface area contributed by atoms with Crippen LogP contribution in [0, 0.1) is 11.3 Å². The van der Waals surface area contributed by atoms with Crippen LogP contribution in [-0.2, 0) is 4.79 Å². The average Bonchev–Trinajstić information content (AvgIpc) is 3.03. The van der Waals surface area contributed by atoms with Crippen molar-refractivity contribution in [2.24, 2.45) is 11.3 Å². The Morgan fingerprint density at radius 2 is 2.12 bits per heavy atom. The predicted molar refractivity (Wildman–Crippen MR) is 68.5 cm³/mol. The summed E-state index contributed by atoms with van der Waals surface area (Å²) < 4.78 is 0. The van der Waals surface area contributed by atoms with Crippen LogP contribution in [0.3, 0.4) is 0 Å². The Balaban J connectivity index is 2.37. The lowest BCUT2D eigenvalue weighted by Crippen LogP contribution is -2.39. The lowest BCUT2D eigenvalue weighted by Gasteiger charge is -2.21. The van der Waals surface area contributed by atoms with E-state index >= 15 is 0 Å². The maximum Gasteiger partial charge on any atom is 0.233 e. The van der Waals surface area contributed by atoms with Crippen LogP contribution in [-0.4, -0.2) is 35.2 Å². The summed E-state index contributed by atoms with van der Waals surface area (Å²) in [6.45, 7) is 7.05. The molecular formula is C12H23NO2S. The number of amides is 1. The molecule has 1 unspecified atom stereocenters. The molecule has 1 fully saturated rings. The molecule has 2 N–H and O–H groups in total. The molecule has 0 heterocycles. The van der Waals surface area contributed by atoms with Crippen LogP contribution >= 0.6 is 11.8 Å². The van der Waals surface area contributed by atoms with Crippen molar-refractivity contribution >= 4 is 17.7 Å². The summed E-state index contributed by atoms with van der Waals surface area (Å²) in [6.07, 6.45) is 2.08. The molecule has 0 aromatic rings. The predicted octanol–water partition coefficient (Wildman–Crippen LogP) is 1.65. The van der Waals surface area contributed by atoms with Crippen molar-refractivity contribution in [2.45, 2.75) is 38.9 Å². The van der Waals surface area contributed by atoms with E-state index in [1.165, 1.54) is 0 Å². The number of aliphatic hydroxyl groups excluding tert-OH is 1. The van der Waals surface area contributed by atoms with Crippen molar-refractivity contribution in [1.82, 2.24) is 5.32 Å². The zero-order valence-electron chi connectivity index (χ0n) is 10.5. The molecule has 0 aliphatic heterocycles. The van der Waals surface area contributed by atoms with Crippen LogP contribution in [0.25, 0.3) is 0 Å². The molecule has 1 aliphatic rings. The van der Waals surface area contributed by atoms with Crippen molar-refractivity contribution < 1.29 is 9.90 Å². The van der Waals surface area contributed by atoms with Crippen LogP contribution in [0.5, 0.6) is 0 Å². The van der Waals surface area contributed by atoms with Gasteiger partial charge in [0.2, 0.25) is 5.91 Å². The van der Waals surface area contributed by atoms with Gasteiger partial charge in [0.25, 0.3) is 0 Å². The maximum absolute atomic E-state index is 12.0. The second kappa shape index (κ2) is 5.92. The first-order valence-electron chi connectivity index (χ1n) is 6.05. The Hall–Kier alpha value is -0.220. The molecule has 0 aromatic carbocycles. The van der Waals surface area contributed by atoms with Gasteiger partial charge in [0.1, 0.15) is 0 Å². The molecule has 1 atom stereocenters. The maximum atomic E-state index is 12.0. The SMILES string of the molecule is CCSC(C(=O)NCC1(CO)CC1)C(C)C. The van der Waals surface area contributed by atoms with E-state index in [-0.39, 0.29) is 23.2 Å². The van der Waals surface area contributed by atoms with Gasteiger partial charge in [-0.25, -0.2) is 0 Å². The molecular weight excluding hydrogens is 222 g/mol. The summed E-state index contributed by atoms with van der Waals surface area (Å²) in [6, 6.07) is 0. The second-order valence-corrected chi connectivity index (χ2v) is 6.41. The minimum Gasteiger partial charge on any atom is -0.396 e. The zero-order chi connectivity index (χ0) is 12.2. The van der Waals surface area contributed by atoms with E-state index in [9.17, 15) is 4.79 Å². The van der Waals surface area contributed by atoms with E-state index in [1.807, 2.05) is 0 Å². The van der Waals surface area contributed by atoms with Crippen molar-refractivity contribution in [3.05, 3.63) is 0 Å². The van der Waals surface area contributed by atoms with Gasteiger partial charge in [-0.05, 0) is 24.5 Å². The van der Waals surface area contributed by atoms with Crippen LogP contribution in [0.1, 0.15) is 33.6 Å². The first-order valence-corrected chi connectivity index (χ1v) is 7.10. The highest BCUT2D eigenvalue weighted by Crippen LogP contribution is 2.44. The Morgan fingerprint density at radius 3 is 2.50 bits per heavy atom. The molecule has 16 heavy (non-hydrogen) atoms. The van der Waals surface area contributed by atoms with Crippen LogP contribution in [0.2, 0.25) is 0 Å². The summed E-state index contributed by atoms with van der Waals surface area (Å²) >= 11 is 1.70. The molecule has 0 spiro atoms. The van der Waals surface area contributed by atoms with Gasteiger partial charge in [-0.1, -0.05) is 20.8 Å². The Kier molecular flexibility index (Phi) is 5.12. The van der Waals surface area contributed by atoms with E-state index in [4.69, 9.17) is 5.11 Å². The summed E-state index contributed by atoms with van der Waals surface area (Å²) in [5.74, 6) is 1.44. The first-order chi connectivity index (χ1) is 7.54. The second-order valence-electron chi connectivity index (χ2n) is 5.00. The molecule has 1 rings (SSSR count). The van der Waals surface area contributed by atoms with Gasteiger partial charge in [-0.2, -0.15) is 0 Å². The molecule has 1 aliphatic carbocycles. The molecule has 0 saturated heterocycles. The van der Waals surface area contributed by atoms with Gasteiger partial charge < -0.3 is 10.4 Å². The topological polar surface area (TPSA) is 49.3 Å². The summed E-state index contributed by atoms with van der Waals surface area (Å²) in [5.41, 5.74) is 0.00801. The molecule has 94 valence electrons. The minimum absolute atomic E-state index is 0.00801. The number of rotatable bonds is 7. The van der Waals surface area contributed by atoms with Gasteiger partial charge in [0, 0.05) is 12.0 Å². The van der Waals surface area contributed by atoms with Gasteiger partial charge >= 0.3 is 0 Å². The zero-order valence-corrected chi connectivity index (χ0v) is 11.3. The highest BCUT2D eigenvalue weighted by Gasteiger charge is 2.42. The van der Waals surface area contributed by atoms with Gasteiger partial charge in [0.15, 0.2) is 0 Å². The fourth-order valence-electron chi connectivity index (χ4n) is 1.69. The molecule has 4 heteroatoms. The van der Waals surface area contributed by atoms with E-state index in [0.29, 0.717) is 12.5 Å². The van der Waals surface area contributed by atoms with E-state index in [1.54, 1.807) is 11.8 Å². The monoisotopic (exact) mass is 245 g/mol. The number of thioether (sulfide) groups is 1. The van der Waals surface area contributed by atoms with Crippen LogP contribution in [0.4, 0.5) is 0 Å². The molecule has 0 bridgehead atoms. The largest absolute Gasteiger partial charge is 0.396 e. The fraction of sp³-hybridized carbons (Fsp3) is 0.917.